The number of ether oxygens (including phenoxy) is 4. The van der Waals surface area contributed by atoms with E-state index in [0.717, 1.165) is 89.9 Å². The van der Waals surface area contributed by atoms with Gasteiger partial charge in [-0.1, -0.05) is 177 Å². The lowest BCUT2D eigenvalue weighted by molar-refractivity contribution is -0.870. The Morgan fingerprint density at radius 1 is 0.484 bits per heavy atom. The molecule has 0 aliphatic heterocycles. The molecule has 0 aliphatic rings. The molecule has 0 aliphatic carbocycles. The normalized spacial score (nSPS) is 13.5. The highest BCUT2D eigenvalue weighted by Crippen LogP contribution is 2.14. The van der Waals surface area contributed by atoms with Gasteiger partial charge >= 0.3 is 17.9 Å². The maximum absolute atomic E-state index is 12.8. The van der Waals surface area contributed by atoms with Crippen LogP contribution in [-0.2, 0) is 33.3 Å². The van der Waals surface area contributed by atoms with Gasteiger partial charge in [-0.05, 0) is 83.5 Å². The van der Waals surface area contributed by atoms with Crippen LogP contribution in [0, 0.1) is 0 Å². The highest BCUT2D eigenvalue weighted by atomic mass is 16.7. The minimum Gasteiger partial charge on any atom is -0.477 e. The van der Waals surface area contributed by atoms with Gasteiger partial charge < -0.3 is 28.5 Å². The first-order valence-corrected chi connectivity index (χ1v) is 25.6. The Kier molecular flexibility index (Phi) is 43.9. The summed E-state index contributed by atoms with van der Waals surface area (Å²) in [7, 11) is 5.95. The molecule has 0 heterocycles. The first-order valence-electron chi connectivity index (χ1n) is 25.6. The second kappa shape index (κ2) is 46.3. The molecule has 0 aromatic carbocycles. The van der Waals surface area contributed by atoms with E-state index in [2.05, 4.69) is 86.8 Å². The number of carbonyl (C=O) groups excluding carboxylic acids is 2. The third kappa shape index (κ3) is 46.7. The Hall–Kier alpha value is -3.27. The number of hydrogen-bond donors (Lipinski definition) is 1. The summed E-state index contributed by atoms with van der Waals surface area (Å²) in [5.74, 6) is -2.04. The Balaban J connectivity index is 4.41. The first-order chi connectivity index (χ1) is 31.1. The Morgan fingerprint density at radius 3 is 1.34 bits per heavy atom. The van der Waals surface area contributed by atoms with Crippen molar-refractivity contribution < 1.29 is 42.9 Å². The maximum atomic E-state index is 12.8. The number of carbonyl (C=O) groups is 3. The van der Waals surface area contributed by atoms with Crippen molar-refractivity contribution in [1.29, 1.82) is 0 Å². The molecular weight excluding hydrogens is 803 g/mol. The predicted molar refractivity (Wildman–Crippen MR) is 267 cm³/mol. The zero-order chi connectivity index (χ0) is 47.0. The highest BCUT2D eigenvalue weighted by molar-refractivity contribution is 5.71. The fourth-order valence-electron chi connectivity index (χ4n) is 6.74. The van der Waals surface area contributed by atoms with Gasteiger partial charge in [0.15, 0.2) is 6.10 Å². The molecule has 0 fully saturated rings. The van der Waals surface area contributed by atoms with E-state index in [0.29, 0.717) is 17.4 Å². The van der Waals surface area contributed by atoms with E-state index in [-0.39, 0.29) is 38.6 Å². The van der Waals surface area contributed by atoms with Gasteiger partial charge in [-0.15, -0.1) is 0 Å². The summed E-state index contributed by atoms with van der Waals surface area (Å²) < 4.78 is 22.8. The van der Waals surface area contributed by atoms with Crippen molar-refractivity contribution in [2.24, 2.45) is 0 Å². The molecule has 368 valence electrons. The van der Waals surface area contributed by atoms with Crippen molar-refractivity contribution in [2.75, 3.05) is 47.5 Å². The SMILES string of the molecule is CC/C=C\C/C=C\C/C=C\C/C=C\C/C=C\CCCCCCCC(=O)OC(COC(=O)CCCCCCCCC/C=C\CCCCCCCCC)COC(OCC[N+](C)(C)C)C(=O)O. The van der Waals surface area contributed by atoms with E-state index >= 15 is 0 Å². The molecule has 64 heavy (non-hydrogen) atoms. The molecule has 0 spiro atoms. The number of unbranched alkanes of at least 4 members (excludes halogenated alkanes) is 19. The van der Waals surface area contributed by atoms with Crippen LogP contribution in [0.5, 0.6) is 0 Å². The molecule has 0 aromatic heterocycles. The third-order valence-corrected chi connectivity index (χ3v) is 10.7. The molecule has 1 N–H and O–H groups in total. The largest absolute Gasteiger partial charge is 0.477 e. The molecule has 0 saturated carbocycles. The van der Waals surface area contributed by atoms with Crippen molar-refractivity contribution in [2.45, 2.75) is 212 Å². The number of rotatable bonds is 46. The third-order valence-electron chi connectivity index (χ3n) is 10.7. The smallest absolute Gasteiger partial charge is 0.361 e. The van der Waals surface area contributed by atoms with Gasteiger partial charge in [0, 0.05) is 12.8 Å². The molecule has 0 aromatic rings. The Morgan fingerprint density at radius 2 is 0.891 bits per heavy atom. The minimum absolute atomic E-state index is 0.180. The van der Waals surface area contributed by atoms with Crippen LogP contribution in [0.15, 0.2) is 72.9 Å². The molecule has 9 heteroatoms. The second-order valence-electron chi connectivity index (χ2n) is 18.1. The molecule has 2 unspecified atom stereocenters. The lowest BCUT2D eigenvalue weighted by Gasteiger charge is -2.25. The average molecular weight is 899 g/mol. The van der Waals surface area contributed by atoms with E-state index < -0.39 is 24.3 Å². The van der Waals surface area contributed by atoms with Crippen molar-refractivity contribution in [1.82, 2.24) is 0 Å². The first kappa shape index (κ1) is 60.7. The number of allylic oxidation sites excluding steroid dienone is 12. The van der Waals surface area contributed by atoms with Crippen LogP contribution < -0.4 is 0 Å². The fourth-order valence-corrected chi connectivity index (χ4v) is 6.74. The number of hydrogen-bond acceptors (Lipinski definition) is 7. The topological polar surface area (TPSA) is 108 Å². The van der Waals surface area contributed by atoms with Gasteiger partial charge in [-0.2, -0.15) is 0 Å². The number of carboxylic acids is 1. The average Bonchev–Trinajstić information content (AvgIpc) is 3.26. The minimum atomic E-state index is -1.52. The molecule has 2 atom stereocenters. The van der Waals surface area contributed by atoms with Gasteiger partial charge in [0.05, 0.1) is 34.4 Å². The number of esters is 2. The molecule has 0 saturated heterocycles. The number of nitrogens with zero attached hydrogens (tertiary/aromatic N) is 1. The molecule has 0 rings (SSSR count). The lowest BCUT2D eigenvalue weighted by atomic mass is 10.1. The number of carboxylic acid groups (broad SMARTS) is 1. The standard InChI is InChI=1S/C55H95NO8/c1-6-8-10-12-14-16-18-20-22-24-26-27-28-30-32-34-36-38-40-42-44-46-53(58)64-51(50-63-55(54(59)60)61-48-47-56(3,4)5)49-62-52(57)45-43-41-39-37-35-33-31-29-25-23-21-19-17-15-13-11-9-7-2/h8,10,14,16,20,22-23,25-27,30,32,51,55H,6-7,9,11-13,15,17-19,21,24,28-29,31,33-50H2,1-5H3/p+1/b10-8-,16-14-,22-20-,25-23-,27-26-,32-30-. The lowest BCUT2D eigenvalue weighted by Crippen LogP contribution is -2.40. The van der Waals surface area contributed by atoms with Crippen molar-refractivity contribution in [3.63, 3.8) is 0 Å². The predicted octanol–water partition coefficient (Wildman–Crippen LogP) is 14.3. The summed E-state index contributed by atoms with van der Waals surface area (Å²) in [4.78, 5) is 37.3. The number of likely N-dealkylation sites (N-methyl/N-ethyl adjacent to an activating group) is 1. The summed E-state index contributed by atoms with van der Waals surface area (Å²) in [6.45, 7) is 4.73. The van der Waals surface area contributed by atoms with Crippen LogP contribution in [0.1, 0.15) is 200 Å². The second-order valence-corrected chi connectivity index (χ2v) is 18.1. The van der Waals surface area contributed by atoms with Gasteiger partial charge in [-0.25, -0.2) is 4.79 Å². The summed E-state index contributed by atoms with van der Waals surface area (Å²) in [5.41, 5.74) is 0. The Labute approximate surface area is 392 Å². The highest BCUT2D eigenvalue weighted by Gasteiger charge is 2.25. The summed E-state index contributed by atoms with van der Waals surface area (Å²) in [5, 5.41) is 9.67. The van der Waals surface area contributed by atoms with Crippen molar-refractivity contribution in [3.05, 3.63) is 72.9 Å². The summed E-state index contributed by atoms with van der Waals surface area (Å²) in [6, 6.07) is 0. The van der Waals surface area contributed by atoms with E-state index in [1.165, 1.54) is 77.0 Å². The van der Waals surface area contributed by atoms with Gasteiger partial charge in [-0.3, -0.25) is 9.59 Å². The van der Waals surface area contributed by atoms with Crippen LogP contribution in [0.3, 0.4) is 0 Å². The molecule has 0 amide bonds. The zero-order valence-electron chi connectivity index (χ0n) is 41.7. The Bertz CT molecular complexity index is 1280. The zero-order valence-corrected chi connectivity index (χ0v) is 41.7. The van der Waals surface area contributed by atoms with E-state index in [4.69, 9.17) is 18.9 Å². The molecular formula is C55H96NO8+. The number of aliphatic carboxylic acids is 1. The summed E-state index contributed by atoms with van der Waals surface area (Å²) in [6.07, 6.45) is 55.3. The van der Waals surface area contributed by atoms with Crippen LogP contribution in [0.4, 0.5) is 0 Å². The monoisotopic (exact) mass is 899 g/mol. The van der Waals surface area contributed by atoms with E-state index in [1.807, 2.05) is 21.1 Å². The van der Waals surface area contributed by atoms with Crippen LogP contribution >= 0.6 is 0 Å². The van der Waals surface area contributed by atoms with Crippen molar-refractivity contribution in [3.8, 4) is 0 Å². The molecule has 0 bridgehead atoms. The molecule has 9 nitrogen and oxygen atoms in total. The molecule has 0 radical (unpaired) electrons. The van der Waals surface area contributed by atoms with Gasteiger partial charge in [0.25, 0.3) is 6.29 Å². The van der Waals surface area contributed by atoms with E-state index in [1.54, 1.807) is 0 Å². The summed E-state index contributed by atoms with van der Waals surface area (Å²) >= 11 is 0. The quantitative estimate of drug-likeness (QED) is 0.0212. The van der Waals surface area contributed by atoms with Crippen LogP contribution in [0.25, 0.3) is 0 Å². The number of quaternary nitrogens is 1. The van der Waals surface area contributed by atoms with E-state index in [9.17, 15) is 19.5 Å². The van der Waals surface area contributed by atoms with Gasteiger partial charge in [0.1, 0.15) is 13.2 Å². The van der Waals surface area contributed by atoms with Crippen LogP contribution in [0.2, 0.25) is 0 Å². The maximum Gasteiger partial charge on any atom is 0.361 e. The fraction of sp³-hybridized carbons (Fsp3) is 0.727. The van der Waals surface area contributed by atoms with Crippen LogP contribution in [-0.4, -0.2) is 87.4 Å². The van der Waals surface area contributed by atoms with Crippen molar-refractivity contribution >= 4 is 17.9 Å². The van der Waals surface area contributed by atoms with Gasteiger partial charge in [0.2, 0.25) is 0 Å².